The minimum atomic E-state index is -1.44. The molecule has 1 saturated heterocycles. The number of anilines is 2. The molecule has 2 heterocycles. The van der Waals surface area contributed by atoms with Gasteiger partial charge in [-0.1, -0.05) is 23.2 Å². The Balaban J connectivity index is 1.39. The Labute approximate surface area is 212 Å². The van der Waals surface area contributed by atoms with Gasteiger partial charge in [0, 0.05) is 54.1 Å². The smallest absolute Gasteiger partial charge is 0.492 e. The lowest BCUT2D eigenvalue weighted by molar-refractivity contribution is -0.111. The first-order chi connectivity index (χ1) is 16.9. The summed E-state index contributed by atoms with van der Waals surface area (Å²) in [5.41, 5.74) is 2.16. The Morgan fingerprint density at radius 1 is 1.20 bits per heavy atom. The molecule has 0 spiro atoms. The quantitative estimate of drug-likeness (QED) is 0.359. The highest BCUT2D eigenvalue weighted by Gasteiger charge is 2.27. The number of hydrogen-bond donors (Lipinski definition) is 3. The van der Waals surface area contributed by atoms with Gasteiger partial charge in [-0.2, -0.15) is 0 Å². The number of amides is 1. The van der Waals surface area contributed by atoms with Gasteiger partial charge in [0.2, 0.25) is 5.91 Å². The van der Waals surface area contributed by atoms with E-state index in [-0.39, 0.29) is 6.42 Å². The normalized spacial score (nSPS) is 18.9. The Morgan fingerprint density at radius 2 is 1.94 bits per heavy atom. The number of carbonyl (C=O) groups excluding carboxylic acids is 1. The maximum atomic E-state index is 12.7. The van der Waals surface area contributed by atoms with Crippen molar-refractivity contribution >= 4 is 52.2 Å². The van der Waals surface area contributed by atoms with Crippen molar-refractivity contribution in [3.8, 4) is 5.75 Å². The highest BCUT2D eigenvalue weighted by atomic mass is 35.5. The highest BCUT2D eigenvalue weighted by molar-refractivity contribution is 6.36. The first-order valence-corrected chi connectivity index (χ1v) is 11.8. The van der Waals surface area contributed by atoms with Crippen LogP contribution in [0.4, 0.5) is 16.2 Å². The summed E-state index contributed by atoms with van der Waals surface area (Å²) >= 11 is 12.5. The number of halogens is 2. The van der Waals surface area contributed by atoms with Gasteiger partial charge in [-0.15, -0.1) is 0 Å². The van der Waals surface area contributed by atoms with E-state index in [9.17, 15) is 9.59 Å². The van der Waals surface area contributed by atoms with E-state index in [2.05, 4.69) is 15.5 Å². The molecule has 186 valence electrons. The molecule has 0 radical (unpaired) electrons. The molecule has 2 aliphatic heterocycles. The van der Waals surface area contributed by atoms with Crippen molar-refractivity contribution in [2.45, 2.75) is 12.6 Å². The first kappa shape index (κ1) is 25.1. The van der Waals surface area contributed by atoms with Gasteiger partial charge < -0.3 is 30.0 Å². The zero-order valence-corrected chi connectivity index (χ0v) is 20.3. The van der Waals surface area contributed by atoms with Crippen LogP contribution in [0.1, 0.15) is 12.0 Å². The second-order valence-corrected chi connectivity index (χ2v) is 8.86. The molecule has 0 aliphatic carbocycles. The highest BCUT2D eigenvalue weighted by Crippen LogP contribution is 2.40. The zero-order valence-electron chi connectivity index (χ0n) is 18.8. The van der Waals surface area contributed by atoms with E-state index in [0.717, 1.165) is 32.8 Å². The van der Waals surface area contributed by atoms with E-state index in [1.807, 2.05) is 0 Å². The second kappa shape index (κ2) is 11.6. The third-order valence-corrected chi connectivity index (χ3v) is 6.06. The summed E-state index contributed by atoms with van der Waals surface area (Å²) in [5, 5.41) is 15.4. The van der Waals surface area contributed by atoms with Crippen LogP contribution in [-0.4, -0.2) is 67.8 Å². The summed E-state index contributed by atoms with van der Waals surface area (Å²) in [4.78, 5) is 26.1. The summed E-state index contributed by atoms with van der Waals surface area (Å²) in [7, 11) is 0. The van der Waals surface area contributed by atoms with E-state index in [0.29, 0.717) is 44.9 Å². The molecule has 1 fully saturated rings. The maximum absolute atomic E-state index is 12.7. The van der Waals surface area contributed by atoms with Gasteiger partial charge in [0.05, 0.1) is 18.2 Å². The molecular weight excluding hydrogens is 497 g/mol. The number of nitrogens with zero attached hydrogens (tertiary/aromatic N) is 1. The van der Waals surface area contributed by atoms with Gasteiger partial charge in [0.15, 0.2) is 6.23 Å². The minimum absolute atomic E-state index is 0.115. The third-order valence-electron chi connectivity index (χ3n) is 5.55. The van der Waals surface area contributed by atoms with E-state index in [4.69, 9.17) is 42.5 Å². The van der Waals surface area contributed by atoms with Gasteiger partial charge in [-0.25, -0.2) is 4.79 Å². The second-order valence-electron chi connectivity index (χ2n) is 8.02. The summed E-state index contributed by atoms with van der Waals surface area (Å²) in [6, 6.07) is 10.2. The summed E-state index contributed by atoms with van der Waals surface area (Å²) in [6.45, 7) is 4.71. The summed E-state index contributed by atoms with van der Waals surface area (Å²) < 4.78 is 16.0. The molecule has 2 aliphatic rings. The minimum Gasteiger partial charge on any atom is -0.492 e. The Morgan fingerprint density at radius 3 is 2.66 bits per heavy atom. The fourth-order valence-corrected chi connectivity index (χ4v) is 4.57. The van der Waals surface area contributed by atoms with Crippen molar-refractivity contribution in [2.75, 3.05) is 50.1 Å². The van der Waals surface area contributed by atoms with Gasteiger partial charge >= 0.3 is 6.16 Å². The van der Waals surface area contributed by atoms with Crippen LogP contribution in [0.2, 0.25) is 10.0 Å². The number of rotatable bonds is 7. The molecule has 0 saturated carbocycles. The summed E-state index contributed by atoms with van der Waals surface area (Å²) in [6.07, 6.45) is -0.827. The average molecular weight is 522 g/mol. The third kappa shape index (κ3) is 7.02. The molecule has 9 nitrogen and oxygen atoms in total. The van der Waals surface area contributed by atoms with Crippen LogP contribution in [0.5, 0.6) is 5.75 Å². The molecule has 2 aromatic carbocycles. The molecule has 4 rings (SSSR count). The first-order valence-electron chi connectivity index (χ1n) is 11.1. The predicted molar refractivity (Wildman–Crippen MR) is 133 cm³/mol. The zero-order chi connectivity index (χ0) is 24.8. The number of ether oxygens (including phenoxy) is 3. The maximum Gasteiger partial charge on any atom is 0.507 e. The van der Waals surface area contributed by atoms with Crippen molar-refractivity contribution in [3.63, 3.8) is 0 Å². The van der Waals surface area contributed by atoms with E-state index >= 15 is 0 Å². The van der Waals surface area contributed by atoms with Gasteiger partial charge in [-0.05, 0) is 42.0 Å². The van der Waals surface area contributed by atoms with Gasteiger partial charge in [0.1, 0.15) is 12.4 Å². The van der Waals surface area contributed by atoms with Crippen molar-refractivity contribution in [3.05, 3.63) is 58.1 Å². The monoisotopic (exact) mass is 521 g/mol. The standard InChI is InChI=1S/C24H25Cl2N3O6/c25-16-13-19(26)23-15(12-22(35-24(31)32)28-20(23)14-16)11-21(30)27-17-1-3-18(4-2-17)34-10-7-29-5-8-33-9-6-29/h1-4,11,13-14,22,28H,5-10,12H2,(H,27,30)(H,31,32)/b15-11+. The topological polar surface area (TPSA) is 109 Å². The van der Waals surface area contributed by atoms with Gasteiger partial charge in [0.25, 0.3) is 0 Å². The van der Waals surface area contributed by atoms with E-state index in [1.165, 1.54) is 6.08 Å². The average Bonchev–Trinajstić information content (AvgIpc) is 2.80. The Kier molecular flexibility index (Phi) is 8.35. The SMILES string of the molecule is O=C(/C=C1\CC(OC(=O)O)Nc2cc(Cl)cc(Cl)c21)Nc1ccc(OCCN2CCOCC2)cc1. The van der Waals surface area contributed by atoms with Crippen LogP contribution in [0.25, 0.3) is 5.57 Å². The number of carboxylic acid groups (broad SMARTS) is 1. The molecule has 35 heavy (non-hydrogen) atoms. The van der Waals surface area contributed by atoms with Crippen molar-refractivity contribution in [2.24, 2.45) is 0 Å². The Bertz CT molecular complexity index is 1100. The lowest BCUT2D eigenvalue weighted by Gasteiger charge is -2.28. The number of hydrogen-bond acceptors (Lipinski definition) is 7. The van der Waals surface area contributed by atoms with E-state index in [1.54, 1.807) is 36.4 Å². The molecule has 1 atom stereocenters. The molecule has 0 aromatic heterocycles. The van der Waals surface area contributed by atoms with Crippen LogP contribution >= 0.6 is 23.2 Å². The van der Waals surface area contributed by atoms with Crippen LogP contribution in [0.15, 0.2) is 42.5 Å². The molecule has 2 aromatic rings. The van der Waals surface area contributed by atoms with E-state index < -0.39 is 18.3 Å². The molecule has 1 amide bonds. The number of carbonyl (C=O) groups is 2. The van der Waals surface area contributed by atoms with Crippen LogP contribution in [0, 0.1) is 0 Å². The van der Waals surface area contributed by atoms with Crippen LogP contribution in [-0.2, 0) is 14.3 Å². The van der Waals surface area contributed by atoms with Crippen LogP contribution in [0.3, 0.4) is 0 Å². The molecular formula is C24H25Cl2N3O6. The van der Waals surface area contributed by atoms with Gasteiger partial charge in [-0.3, -0.25) is 9.69 Å². The fraction of sp³-hybridized carbons (Fsp3) is 0.333. The number of fused-ring (bicyclic) bond motifs is 1. The molecule has 11 heteroatoms. The molecule has 0 bridgehead atoms. The number of nitrogens with one attached hydrogen (secondary N) is 2. The number of morpholine rings is 1. The molecule has 1 unspecified atom stereocenters. The fourth-order valence-electron chi connectivity index (χ4n) is 3.95. The van der Waals surface area contributed by atoms with Crippen LogP contribution < -0.4 is 15.4 Å². The van der Waals surface area contributed by atoms with Crippen molar-refractivity contribution in [1.82, 2.24) is 4.90 Å². The van der Waals surface area contributed by atoms with Crippen molar-refractivity contribution < 1.29 is 28.9 Å². The lowest BCUT2D eigenvalue weighted by Crippen LogP contribution is -2.38. The molecule has 3 N–H and O–H groups in total. The summed E-state index contributed by atoms with van der Waals surface area (Å²) in [5.74, 6) is 0.313. The Hall–Kier alpha value is -2.98. The lowest BCUT2D eigenvalue weighted by atomic mass is 9.95. The largest absolute Gasteiger partial charge is 0.507 e. The predicted octanol–water partition coefficient (Wildman–Crippen LogP) is 4.56. The van der Waals surface area contributed by atoms with Crippen molar-refractivity contribution in [1.29, 1.82) is 0 Å². The number of benzene rings is 2.